The van der Waals surface area contributed by atoms with E-state index in [-0.39, 0.29) is 0 Å². The van der Waals surface area contributed by atoms with Crippen molar-refractivity contribution < 1.29 is 8.83 Å². The number of para-hydroxylation sites is 4. The average Bonchev–Trinajstić information content (AvgIpc) is 1.59. The number of pyridine rings is 6. The molecule has 0 saturated heterocycles. The maximum atomic E-state index is 6.62. The number of rotatable bonds is 6. The van der Waals surface area contributed by atoms with Gasteiger partial charge in [0, 0.05) is 111 Å². The smallest absolute Gasteiger partial charge is 0.144 e. The van der Waals surface area contributed by atoms with Crippen molar-refractivity contribution >= 4 is 174 Å². The van der Waals surface area contributed by atoms with E-state index in [0.29, 0.717) is 0 Å². The largest absolute Gasteiger partial charge is 0.455 e. The van der Waals surface area contributed by atoms with Crippen LogP contribution in [0.25, 0.3) is 241 Å². The molecule has 24 rings (SSSR count). The zero-order chi connectivity index (χ0) is 72.1. The van der Waals surface area contributed by atoms with E-state index in [2.05, 4.69) is 284 Å². The molecule has 24 aromatic rings. The van der Waals surface area contributed by atoms with Crippen molar-refractivity contribution in [3.63, 3.8) is 0 Å². The molecule has 0 spiro atoms. The highest BCUT2D eigenvalue weighted by molar-refractivity contribution is 6.29. The summed E-state index contributed by atoms with van der Waals surface area (Å²) in [5.74, 6) is 0. The topological polar surface area (TPSA) is 104 Å². The third kappa shape index (κ3) is 9.52. The van der Waals surface area contributed by atoms with Gasteiger partial charge in [-0.15, -0.1) is 0 Å². The van der Waals surface area contributed by atoms with Crippen molar-refractivity contribution in [3.8, 4) is 67.0 Å². The number of hydrogen-bond acceptors (Lipinski definition) is 8. The van der Waals surface area contributed by atoms with E-state index in [1.54, 1.807) is 0 Å². The highest BCUT2D eigenvalue weighted by Crippen LogP contribution is 2.49. The zero-order valence-electron chi connectivity index (χ0n) is 59.0. The summed E-state index contributed by atoms with van der Waals surface area (Å²) < 4.78 is 13.2. The molecule has 0 N–H and O–H groups in total. The first-order valence-electron chi connectivity index (χ1n) is 37.2. The molecule has 0 radical (unpaired) electrons. The molecule has 508 valence electrons. The Kier molecular flexibility index (Phi) is 13.6. The number of nitrogens with zero attached hydrogens (tertiary/aromatic N) is 6. The molecule has 8 heterocycles. The quantitative estimate of drug-likeness (QED) is 0.120. The van der Waals surface area contributed by atoms with Crippen LogP contribution in [0.1, 0.15) is 0 Å². The van der Waals surface area contributed by atoms with Gasteiger partial charge in [-0.25, -0.2) is 9.97 Å². The van der Waals surface area contributed by atoms with Crippen LogP contribution in [0.15, 0.2) is 361 Å². The molecule has 0 saturated carbocycles. The summed E-state index contributed by atoms with van der Waals surface area (Å²) in [6, 6.07) is 117. The van der Waals surface area contributed by atoms with Gasteiger partial charge in [0.05, 0.1) is 44.5 Å². The fourth-order valence-electron chi connectivity index (χ4n) is 17.7. The molecule has 8 heteroatoms. The summed E-state index contributed by atoms with van der Waals surface area (Å²) in [4.78, 5) is 29.6. The fourth-order valence-corrected chi connectivity index (χ4v) is 17.7. The van der Waals surface area contributed by atoms with Crippen LogP contribution in [0.2, 0.25) is 0 Å². The molecule has 110 heavy (non-hydrogen) atoms. The normalized spacial score (nSPS) is 12.0. The molecule has 0 aliphatic rings. The van der Waals surface area contributed by atoms with Gasteiger partial charge in [-0.3, -0.25) is 19.9 Å². The summed E-state index contributed by atoms with van der Waals surface area (Å²) in [6.07, 6.45) is 7.39. The molecule has 0 fully saturated rings. The lowest BCUT2D eigenvalue weighted by Gasteiger charge is -2.19. The summed E-state index contributed by atoms with van der Waals surface area (Å²) in [5, 5.41) is 25.0. The van der Waals surface area contributed by atoms with Gasteiger partial charge >= 0.3 is 0 Å². The maximum Gasteiger partial charge on any atom is 0.144 e. The van der Waals surface area contributed by atoms with E-state index in [1.807, 2.05) is 73.3 Å². The van der Waals surface area contributed by atoms with Gasteiger partial charge in [-0.05, 0) is 185 Å². The molecule has 0 atom stereocenters. The summed E-state index contributed by atoms with van der Waals surface area (Å²) in [5.41, 5.74) is 22.5. The molecule has 8 aromatic heterocycles. The van der Waals surface area contributed by atoms with Gasteiger partial charge < -0.3 is 8.83 Å². The van der Waals surface area contributed by atoms with Crippen LogP contribution in [0.3, 0.4) is 0 Å². The molecule has 0 aliphatic carbocycles. The van der Waals surface area contributed by atoms with E-state index in [0.717, 1.165) is 187 Å². The number of benzene rings is 16. The molecule has 8 nitrogen and oxygen atoms in total. The van der Waals surface area contributed by atoms with Crippen molar-refractivity contribution in [2.24, 2.45) is 0 Å². The SMILES string of the molecule is c1cc(-c2c3ccccc3c(-c3cc4cccnc4c4ncccc34)c3ccccc23)cc(-c2nc3ccccc3c3c2ccc2c4ccccc4oc23)c1.c1cc(-c2ccc3ccc4cc(-c5cc6cccnc6c6ncccc56)ccc4c3c2)cc(-c2nc3ccccc3c3c2ccc2c4ccccc4oc23)c1. The van der Waals surface area contributed by atoms with Crippen molar-refractivity contribution in [2.45, 2.75) is 0 Å². The summed E-state index contributed by atoms with van der Waals surface area (Å²) >= 11 is 0. The fraction of sp³-hybridized carbons (Fsp3) is 0. The van der Waals surface area contributed by atoms with Crippen LogP contribution in [0.4, 0.5) is 0 Å². The lowest BCUT2D eigenvalue weighted by Crippen LogP contribution is -1.94. The summed E-state index contributed by atoms with van der Waals surface area (Å²) in [6.45, 7) is 0. The highest BCUT2D eigenvalue weighted by atomic mass is 16.3. The van der Waals surface area contributed by atoms with Crippen molar-refractivity contribution in [1.82, 2.24) is 29.9 Å². The van der Waals surface area contributed by atoms with Gasteiger partial charge in [0.25, 0.3) is 0 Å². The number of furan rings is 2. The Morgan fingerprint density at radius 3 is 1.19 bits per heavy atom. The molecule has 0 bridgehead atoms. The maximum absolute atomic E-state index is 6.62. The Bertz CT molecular complexity index is 8020. The zero-order valence-corrected chi connectivity index (χ0v) is 59.0. The molecule has 0 unspecified atom stereocenters. The van der Waals surface area contributed by atoms with Crippen LogP contribution < -0.4 is 0 Å². The van der Waals surface area contributed by atoms with Crippen molar-refractivity contribution in [1.29, 1.82) is 0 Å². The lowest BCUT2D eigenvalue weighted by molar-refractivity contribution is 0.672. The van der Waals surface area contributed by atoms with Crippen LogP contribution in [0, 0.1) is 0 Å². The molecule has 0 aliphatic heterocycles. The van der Waals surface area contributed by atoms with Gasteiger partial charge in [-0.2, -0.15) is 0 Å². The number of aromatic nitrogens is 6. The number of hydrogen-bond donors (Lipinski definition) is 0. The standard InChI is InChI=1S/2C51H29N3O/c1-3-14-45-41(12-1)47-42(23-22-40-38-11-2-4-15-46(38)55-51(40)47)48(54-45)35-9-5-8-31(26-35)32-18-16-30-17-19-33-27-34(20-21-37(33)43(30)28-32)44-29-36-10-6-24-52-49(36)50-39(44)13-7-25-53-50;1-3-18-36-34(16-1)45(35-17-2-4-19-37(35)46(36)42-29-32-14-10-26-52-49(32)50-38(42)21-11-27-53-50)30-12-9-13-31(28-30)48-41-25-24-39-33-15-6-8-23-44(33)55-51(39)47(41)40-20-5-7-22-43(40)54-48/h2*1-29H. The Balaban J connectivity index is 0.000000132. The second-order valence-electron chi connectivity index (χ2n) is 28.6. The minimum absolute atomic E-state index is 0.890. The van der Waals surface area contributed by atoms with Crippen LogP contribution in [0.5, 0.6) is 0 Å². The third-order valence-electron chi connectivity index (χ3n) is 22.6. The Morgan fingerprint density at radius 2 is 0.609 bits per heavy atom. The molecular weight excluding hydrogens is 1340 g/mol. The van der Waals surface area contributed by atoms with Crippen LogP contribution in [-0.2, 0) is 0 Å². The van der Waals surface area contributed by atoms with E-state index in [4.69, 9.17) is 33.8 Å². The van der Waals surface area contributed by atoms with Gasteiger partial charge in [-0.1, -0.05) is 231 Å². The molecule has 0 amide bonds. The first kappa shape index (κ1) is 61.4. The first-order valence-corrected chi connectivity index (χ1v) is 37.2. The molecule has 16 aromatic carbocycles. The first-order chi connectivity index (χ1) is 54.5. The third-order valence-corrected chi connectivity index (χ3v) is 22.6. The minimum Gasteiger partial charge on any atom is -0.455 e. The van der Waals surface area contributed by atoms with E-state index in [1.165, 1.54) is 54.2 Å². The second kappa shape index (κ2) is 24.3. The summed E-state index contributed by atoms with van der Waals surface area (Å²) in [7, 11) is 0. The van der Waals surface area contributed by atoms with Crippen LogP contribution in [-0.4, -0.2) is 29.9 Å². The van der Waals surface area contributed by atoms with Gasteiger partial charge in [0.1, 0.15) is 22.3 Å². The minimum atomic E-state index is 0.890. The van der Waals surface area contributed by atoms with Crippen molar-refractivity contribution in [2.75, 3.05) is 0 Å². The van der Waals surface area contributed by atoms with E-state index in [9.17, 15) is 0 Å². The number of fused-ring (bicyclic) bond motifs is 25. The van der Waals surface area contributed by atoms with Gasteiger partial charge in [0.15, 0.2) is 0 Å². The predicted molar refractivity (Wildman–Crippen MR) is 457 cm³/mol. The van der Waals surface area contributed by atoms with Gasteiger partial charge in [0.2, 0.25) is 0 Å². The predicted octanol–water partition coefficient (Wildman–Crippen LogP) is 27.4. The van der Waals surface area contributed by atoms with E-state index >= 15 is 0 Å². The molecular formula is C102H58N6O2. The monoisotopic (exact) mass is 1400 g/mol. The van der Waals surface area contributed by atoms with Crippen molar-refractivity contribution in [3.05, 3.63) is 352 Å². The highest BCUT2D eigenvalue weighted by Gasteiger charge is 2.24. The lowest BCUT2D eigenvalue weighted by atomic mass is 9.84. The van der Waals surface area contributed by atoms with Crippen LogP contribution >= 0.6 is 0 Å². The Morgan fingerprint density at radius 1 is 0.200 bits per heavy atom. The Labute approximate surface area is 628 Å². The van der Waals surface area contributed by atoms with E-state index < -0.39 is 0 Å². The Hall–Kier alpha value is -14.9. The average molecular weight is 1400 g/mol. The second-order valence-corrected chi connectivity index (χ2v) is 28.6.